The highest BCUT2D eigenvalue weighted by atomic mass is 14.8. The average molecular weight is 148 g/mol. The lowest BCUT2D eigenvalue weighted by Gasteiger charge is -2.05. The molecule has 0 atom stereocenters. The van der Waals surface area contributed by atoms with E-state index >= 15 is 0 Å². The van der Waals surface area contributed by atoms with Gasteiger partial charge >= 0.3 is 0 Å². The van der Waals surface area contributed by atoms with E-state index in [-0.39, 0.29) is 0 Å². The van der Waals surface area contributed by atoms with Crippen LogP contribution in [-0.4, -0.2) is 12.0 Å². The number of pyridine rings is 1. The van der Waals surface area contributed by atoms with E-state index in [1.165, 1.54) is 0 Å². The van der Waals surface area contributed by atoms with Crippen LogP contribution < -0.4 is 5.32 Å². The molecule has 1 heterocycles. The van der Waals surface area contributed by atoms with Crippen molar-refractivity contribution in [3.8, 4) is 0 Å². The van der Waals surface area contributed by atoms with Gasteiger partial charge in [0.05, 0.1) is 0 Å². The molecule has 0 spiro atoms. The predicted molar refractivity (Wildman–Crippen MR) is 48.6 cm³/mol. The van der Waals surface area contributed by atoms with E-state index < -0.39 is 0 Å². The smallest absolute Gasteiger partial charge is 0.0465 e. The molecule has 0 aliphatic rings. The quantitative estimate of drug-likeness (QED) is 0.694. The molecule has 0 aromatic carbocycles. The molecule has 1 aromatic rings. The number of nitrogens with zero attached hydrogens (tertiary/aromatic N) is 1. The maximum Gasteiger partial charge on any atom is 0.0465 e. The van der Waals surface area contributed by atoms with Crippen LogP contribution in [-0.2, 0) is 0 Å². The molecule has 0 aliphatic heterocycles. The molecule has 1 N–H and O–H groups in total. The summed E-state index contributed by atoms with van der Waals surface area (Å²) < 4.78 is 0. The first-order valence-electron chi connectivity index (χ1n) is 3.55. The van der Waals surface area contributed by atoms with Crippen LogP contribution in [0.4, 0.5) is 5.69 Å². The van der Waals surface area contributed by atoms with Crippen molar-refractivity contribution >= 4 is 11.8 Å². The molecule has 0 saturated carbocycles. The van der Waals surface area contributed by atoms with E-state index in [1.807, 2.05) is 26.1 Å². The number of rotatable bonds is 2. The molecule has 58 valence electrons. The van der Waals surface area contributed by atoms with E-state index in [9.17, 15) is 0 Å². The molecule has 2 heteroatoms. The van der Waals surface area contributed by atoms with E-state index in [0.29, 0.717) is 0 Å². The van der Waals surface area contributed by atoms with Crippen LogP contribution in [0.3, 0.4) is 0 Å². The fraction of sp³-hybridized carbons (Fsp3) is 0.222. The summed E-state index contributed by atoms with van der Waals surface area (Å²) in [7, 11) is 1.89. The molecule has 1 aromatic heterocycles. The normalized spacial score (nSPS) is 9.27. The van der Waals surface area contributed by atoms with Gasteiger partial charge in [-0.2, -0.15) is 0 Å². The average Bonchev–Trinajstić information content (AvgIpc) is 2.04. The Kier molecular flexibility index (Phi) is 2.26. The Hall–Kier alpha value is -1.31. The van der Waals surface area contributed by atoms with Crippen molar-refractivity contribution in [2.45, 2.75) is 6.92 Å². The van der Waals surface area contributed by atoms with Gasteiger partial charge in [-0.05, 0) is 13.0 Å². The maximum absolute atomic E-state index is 4.15. The zero-order valence-corrected chi connectivity index (χ0v) is 6.89. The second kappa shape index (κ2) is 3.19. The minimum Gasteiger partial charge on any atom is -0.388 e. The summed E-state index contributed by atoms with van der Waals surface area (Å²) in [5.41, 5.74) is 3.16. The van der Waals surface area contributed by atoms with Crippen molar-refractivity contribution in [2.75, 3.05) is 12.4 Å². The van der Waals surface area contributed by atoms with Crippen LogP contribution in [0.2, 0.25) is 0 Å². The molecule has 0 amide bonds. The molecule has 1 rings (SSSR count). The maximum atomic E-state index is 4.15. The Morgan fingerprint density at radius 3 is 2.82 bits per heavy atom. The molecule has 0 unspecified atom stereocenters. The van der Waals surface area contributed by atoms with E-state index in [4.69, 9.17) is 0 Å². The third-order valence-corrected chi connectivity index (χ3v) is 1.66. The summed E-state index contributed by atoms with van der Waals surface area (Å²) in [6.45, 7) is 5.69. The molecule has 0 aliphatic carbocycles. The van der Waals surface area contributed by atoms with Gasteiger partial charge in [0.15, 0.2) is 0 Å². The van der Waals surface area contributed by atoms with Gasteiger partial charge in [0.1, 0.15) is 0 Å². The van der Waals surface area contributed by atoms with Crippen LogP contribution in [0.15, 0.2) is 18.8 Å². The Morgan fingerprint density at radius 2 is 2.36 bits per heavy atom. The van der Waals surface area contributed by atoms with Gasteiger partial charge in [-0.3, -0.25) is 4.98 Å². The van der Waals surface area contributed by atoms with Gasteiger partial charge in [0, 0.05) is 30.2 Å². The van der Waals surface area contributed by atoms with Crippen molar-refractivity contribution in [1.29, 1.82) is 0 Å². The number of nitrogens with one attached hydrogen (secondary N) is 1. The Morgan fingerprint density at radius 1 is 1.64 bits per heavy atom. The van der Waals surface area contributed by atoms with E-state index in [2.05, 4.69) is 16.9 Å². The Labute approximate surface area is 67.0 Å². The van der Waals surface area contributed by atoms with E-state index in [0.717, 1.165) is 16.9 Å². The van der Waals surface area contributed by atoms with E-state index in [1.54, 1.807) is 6.20 Å². The Bertz CT molecular complexity index is 266. The van der Waals surface area contributed by atoms with Gasteiger partial charge in [-0.15, -0.1) is 0 Å². The largest absolute Gasteiger partial charge is 0.388 e. The molecule has 2 nitrogen and oxygen atoms in total. The highest BCUT2D eigenvalue weighted by Crippen LogP contribution is 2.17. The lowest BCUT2D eigenvalue weighted by Crippen LogP contribution is -1.95. The third kappa shape index (κ3) is 1.40. The highest BCUT2D eigenvalue weighted by Gasteiger charge is 1.99. The number of hydrogen-bond donors (Lipinski definition) is 1. The summed E-state index contributed by atoms with van der Waals surface area (Å²) in [6.07, 6.45) is 3.60. The van der Waals surface area contributed by atoms with Crippen molar-refractivity contribution < 1.29 is 0 Å². The summed E-state index contributed by atoms with van der Waals surface area (Å²) in [5.74, 6) is 0. The topological polar surface area (TPSA) is 24.9 Å². The Balaban J connectivity index is 3.24. The standard InChI is InChI=1S/C9H12N2/c1-4-8-7(2)11-6-5-9(8)10-3/h4-6H,1H2,2-3H3,(H,10,11). The lowest BCUT2D eigenvalue weighted by molar-refractivity contribution is 1.19. The van der Waals surface area contributed by atoms with Crippen molar-refractivity contribution in [3.05, 3.63) is 30.1 Å². The second-order valence-corrected chi connectivity index (χ2v) is 2.31. The first kappa shape index (κ1) is 7.79. The van der Waals surface area contributed by atoms with Crippen LogP contribution in [0, 0.1) is 6.92 Å². The van der Waals surface area contributed by atoms with Gasteiger partial charge in [0.25, 0.3) is 0 Å². The van der Waals surface area contributed by atoms with Gasteiger partial charge < -0.3 is 5.32 Å². The van der Waals surface area contributed by atoms with Gasteiger partial charge in [-0.25, -0.2) is 0 Å². The molecule has 0 radical (unpaired) electrons. The summed E-state index contributed by atoms with van der Waals surface area (Å²) >= 11 is 0. The SMILES string of the molecule is C=Cc1c(NC)ccnc1C. The molecule has 11 heavy (non-hydrogen) atoms. The van der Waals surface area contributed by atoms with Crippen LogP contribution in [0.5, 0.6) is 0 Å². The first-order valence-corrected chi connectivity index (χ1v) is 3.55. The zero-order valence-electron chi connectivity index (χ0n) is 6.89. The van der Waals surface area contributed by atoms with Crippen molar-refractivity contribution in [2.24, 2.45) is 0 Å². The molecular weight excluding hydrogens is 136 g/mol. The minimum atomic E-state index is 1.01. The van der Waals surface area contributed by atoms with Crippen LogP contribution >= 0.6 is 0 Å². The number of aromatic nitrogens is 1. The molecular formula is C9H12N2. The van der Waals surface area contributed by atoms with Crippen molar-refractivity contribution in [1.82, 2.24) is 4.98 Å². The third-order valence-electron chi connectivity index (χ3n) is 1.66. The molecule has 0 bridgehead atoms. The van der Waals surface area contributed by atoms with Crippen LogP contribution in [0.25, 0.3) is 6.08 Å². The second-order valence-electron chi connectivity index (χ2n) is 2.31. The lowest BCUT2D eigenvalue weighted by atomic mass is 10.1. The number of hydrogen-bond acceptors (Lipinski definition) is 2. The molecule has 0 fully saturated rings. The van der Waals surface area contributed by atoms with Crippen LogP contribution in [0.1, 0.15) is 11.3 Å². The predicted octanol–water partition coefficient (Wildman–Crippen LogP) is 2.07. The fourth-order valence-corrected chi connectivity index (χ4v) is 1.05. The summed E-state index contributed by atoms with van der Waals surface area (Å²) in [4.78, 5) is 4.15. The highest BCUT2D eigenvalue weighted by molar-refractivity contribution is 5.66. The first-order chi connectivity index (χ1) is 5.29. The van der Waals surface area contributed by atoms with Gasteiger partial charge in [-0.1, -0.05) is 12.7 Å². The van der Waals surface area contributed by atoms with Crippen molar-refractivity contribution in [3.63, 3.8) is 0 Å². The summed E-state index contributed by atoms with van der Waals surface area (Å²) in [5, 5.41) is 3.08. The fourth-order valence-electron chi connectivity index (χ4n) is 1.05. The number of anilines is 1. The minimum absolute atomic E-state index is 1.01. The zero-order chi connectivity index (χ0) is 8.27. The molecule has 0 saturated heterocycles. The number of aryl methyl sites for hydroxylation is 1. The van der Waals surface area contributed by atoms with Gasteiger partial charge in [0.2, 0.25) is 0 Å². The monoisotopic (exact) mass is 148 g/mol. The summed E-state index contributed by atoms with van der Waals surface area (Å²) in [6, 6.07) is 1.93.